The first-order valence-corrected chi connectivity index (χ1v) is 7.38. The highest BCUT2D eigenvalue weighted by Crippen LogP contribution is 2.32. The Hall–Kier alpha value is -0.840. The molecule has 3 nitrogen and oxygen atoms in total. The highest BCUT2D eigenvalue weighted by molar-refractivity contribution is 9.10. The zero-order valence-corrected chi connectivity index (χ0v) is 13.6. The number of benzene rings is 1. The molecule has 1 heterocycles. The van der Waals surface area contributed by atoms with Crippen molar-refractivity contribution < 1.29 is 0 Å². The molecule has 102 valence electrons. The van der Waals surface area contributed by atoms with Gasteiger partial charge in [-0.15, -0.1) is 0 Å². The van der Waals surface area contributed by atoms with Crippen molar-refractivity contribution in [1.29, 1.82) is 0 Å². The van der Waals surface area contributed by atoms with Crippen LogP contribution in [0.2, 0.25) is 5.02 Å². The lowest BCUT2D eigenvalue weighted by Crippen LogP contribution is -2.25. The second-order valence-corrected chi connectivity index (χ2v) is 5.78. The van der Waals surface area contributed by atoms with Crippen LogP contribution in [0.1, 0.15) is 29.8 Å². The number of halogens is 2. The smallest absolute Gasteiger partial charge is 0.0774 e. The first-order valence-electron chi connectivity index (χ1n) is 6.21. The number of rotatable bonds is 4. The van der Waals surface area contributed by atoms with Crippen molar-refractivity contribution in [1.82, 2.24) is 15.1 Å². The Morgan fingerprint density at radius 2 is 2.21 bits per heavy atom. The van der Waals surface area contributed by atoms with Gasteiger partial charge in [-0.25, -0.2) is 0 Å². The van der Waals surface area contributed by atoms with E-state index in [1.807, 2.05) is 30.9 Å². The molecule has 0 aliphatic carbocycles. The Bertz CT molecular complexity index is 561. The Balaban J connectivity index is 2.51. The largest absolute Gasteiger partial charge is 0.305 e. The second-order valence-electron chi connectivity index (χ2n) is 4.52. The quantitative estimate of drug-likeness (QED) is 0.915. The maximum Gasteiger partial charge on any atom is 0.0774 e. The molecular formula is C14H17BrClN3. The van der Waals surface area contributed by atoms with Crippen molar-refractivity contribution in [3.05, 3.63) is 50.7 Å². The molecule has 0 spiro atoms. The standard InChI is InChI=1S/C14H17BrClN3/c1-4-17-13(14-11(15)8-18-19(14)3)10-6-5-9(2)7-12(10)16/h5-8,13,17H,4H2,1-3H3. The molecule has 1 aromatic heterocycles. The molecule has 0 bridgehead atoms. The van der Waals surface area contributed by atoms with Crippen LogP contribution in [0, 0.1) is 6.92 Å². The first kappa shape index (κ1) is 14.6. The van der Waals surface area contributed by atoms with E-state index in [9.17, 15) is 0 Å². The summed E-state index contributed by atoms with van der Waals surface area (Å²) in [7, 11) is 1.94. The number of nitrogens with one attached hydrogen (secondary N) is 1. The lowest BCUT2D eigenvalue weighted by atomic mass is 10.0. The van der Waals surface area contributed by atoms with Crippen LogP contribution < -0.4 is 5.32 Å². The number of nitrogens with zero attached hydrogens (tertiary/aromatic N) is 2. The summed E-state index contributed by atoms with van der Waals surface area (Å²) in [6.45, 7) is 4.98. The van der Waals surface area contributed by atoms with Gasteiger partial charge in [-0.2, -0.15) is 5.10 Å². The van der Waals surface area contributed by atoms with E-state index < -0.39 is 0 Å². The van der Waals surface area contributed by atoms with E-state index in [4.69, 9.17) is 11.6 Å². The molecule has 0 saturated carbocycles. The van der Waals surface area contributed by atoms with E-state index in [-0.39, 0.29) is 6.04 Å². The van der Waals surface area contributed by atoms with Gasteiger partial charge in [0.25, 0.3) is 0 Å². The van der Waals surface area contributed by atoms with E-state index >= 15 is 0 Å². The van der Waals surface area contributed by atoms with Crippen molar-refractivity contribution >= 4 is 27.5 Å². The molecule has 1 atom stereocenters. The summed E-state index contributed by atoms with van der Waals surface area (Å²) in [6, 6.07) is 6.17. The van der Waals surface area contributed by atoms with E-state index in [1.54, 1.807) is 0 Å². The van der Waals surface area contributed by atoms with Crippen LogP contribution in [0.5, 0.6) is 0 Å². The van der Waals surface area contributed by atoms with Crippen LogP contribution in [0.15, 0.2) is 28.9 Å². The molecule has 1 unspecified atom stereocenters. The maximum atomic E-state index is 6.40. The fourth-order valence-electron chi connectivity index (χ4n) is 2.17. The van der Waals surface area contributed by atoms with Gasteiger partial charge in [0.15, 0.2) is 0 Å². The minimum atomic E-state index is 0.0278. The number of hydrogen-bond donors (Lipinski definition) is 1. The molecule has 0 amide bonds. The third kappa shape index (κ3) is 3.02. The van der Waals surface area contributed by atoms with Gasteiger partial charge < -0.3 is 5.32 Å². The van der Waals surface area contributed by atoms with Crippen LogP contribution in [-0.2, 0) is 7.05 Å². The minimum Gasteiger partial charge on any atom is -0.305 e. The number of aryl methyl sites for hydroxylation is 2. The topological polar surface area (TPSA) is 29.9 Å². The predicted molar refractivity (Wildman–Crippen MR) is 82.6 cm³/mol. The van der Waals surface area contributed by atoms with Crippen molar-refractivity contribution in [2.24, 2.45) is 7.05 Å². The van der Waals surface area contributed by atoms with Crippen molar-refractivity contribution in [3.8, 4) is 0 Å². The monoisotopic (exact) mass is 341 g/mol. The molecule has 1 N–H and O–H groups in total. The summed E-state index contributed by atoms with van der Waals surface area (Å²) in [5, 5.41) is 8.52. The lowest BCUT2D eigenvalue weighted by molar-refractivity contribution is 0.571. The normalized spacial score (nSPS) is 12.7. The van der Waals surface area contributed by atoms with Gasteiger partial charge in [0.05, 0.1) is 22.4 Å². The average molecular weight is 343 g/mol. The van der Waals surface area contributed by atoms with Crippen LogP contribution >= 0.6 is 27.5 Å². The minimum absolute atomic E-state index is 0.0278. The van der Waals surface area contributed by atoms with Gasteiger partial charge >= 0.3 is 0 Å². The highest BCUT2D eigenvalue weighted by atomic mass is 79.9. The van der Waals surface area contributed by atoms with Gasteiger partial charge in [0, 0.05) is 12.1 Å². The summed E-state index contributed by atoms with van der Waals surface area (Å²) in [4.78, 5) is 0. The van der Waals surface area contributed by atoms with Gasteiger partial charge in [-0.1, -0.05) is 30.7 Å². The van der Waals surface area contributed by atoms with Crippen LogP contribution in [0.4, 0.5) is 0 Å². The molecule has 0 fully saturated rings. The van der Waals surface area contributed by atoms with Crippen LogP contribution in [0.25, 0.3) is 0 Å². The van der Waals surface area contributed by atoms with Gasteiger partial charge in [-0.3, -0.25) is 4.68 Å². The molecule has 0 saturated heterocycles. The summed E-state index contributed by atoms with van der Waals surface area (Å²) in [5.74, 6) is 0. The van der Waals surface area contributed by atoms with Gasteiger partial charge in [0.1, 0.15) is 0 Å². The number of hydrogen-bond acceptors (Lipinski definition) is 2. The first-order chi connectivity index (χ1) is 9.04. The van der Waals surface area contributed by atoms with Crippen molar-refractivity contribution in [2.45, 2.75) is 19.9 Å². The maximum absolute atomic E-state index is 6.40. The SMILES string of the molecule is CCNC(c1ccc(C)cc1Cl)c1c(Br)cnn1C. The highest BCUT2D eigenvalue weighted by Gasteiger charge is 2.22. The Morgan fingerprint density at radius 3 is 2.74 bits per heavy atom. The molecule has 2 rings (SSSR count). The van der Waals surface area contributed by atoms with E-state index in [0.717, 1.165) is 32.9 Å². The van der Waals surface area contributed by atoms with Gasteiger partial charge in [-0.05, 0) is 46.6 Å². The fourth-order valence-corrected chi connectivity index (χ4v) is 3.09. The Labute approximate surface area is 127 Å². The molecule has 19 heavy (non-hydrogen) atoms. The summed E-state index contributed by atoms with van der Waals surface area (Å²) >= 11 is 9.95. The molecule has 2 aromatic rings. The summed E-state index contributed by atoms with van der Waals surface area (Å²) in [5.41, 5.74) is 3.30. The third-order valence-corrected chi connectivity index (χ3v) is 4.02. The Kier molecular flexibility index (Phi) is 4.66. The van der Waals surface area contributed by atoms with Crippen molar-refractivity contribution in [3.63, 3.8) is 0 Å². The van der Waals surface area contributed by atoms with E-state index in [0.29, 0.717) is 0 Å². The average Bonchev–Trinajstić information content (AvgIpc) is 2.67. The Morgan fingerprint density at radius 1 is 1.47 bits per heavy atom. The number of aromatic nitrogens is 2. The van der Waals surface area contributed by atoms with Crippen molar-refractivity contribution in [2.75, 3.05) is 6.54 Å². The molecule has 0 aliphatic rings. The van der Waals surface area contributed by atoms with E-state index in [1.165, 1.54) is 0 Å². The second kappa shape index (κ2) is 6.07. The summed E-state index contributed by atoms with van der Waals surface area (Å²) < 4.78 is 2.85. The molecule has 1 aromatic carbocycles. The third-order valence-electron chi connectivity index (χ3n) is 3.09. The molecule has 0 radical (unpaired) electrons. The molecule has 5 heteroatoms. The predicted octanol–water partition coefficient (Wildman–Crippen LogP) is 3.84. The fraction of sp³-hybridized carbons (Fsp3) is 0.357. The summed E-state index contributed by atoms with van der Waals surface area (Å²) in [6.07, 6.45) is 1.81. The van der Waals surface area contributed by atoms with Crippen LogP contribution in [0.3, 0.4) is 0 Å². The zero-order chi connectivity index (χ0) is 14.0. The lowest BCUT2D eigenvalue weighted by Gasteiger charge is -2.21. The zero-order valence-electron chi connectivity index (χ0n) is 11.2. The molecular weight excluding hydrogens is 326 g/mol. The van der Waals surface area contributed by atoms with Gasteiger partial charge in [0.2, 0.25) is 0 Å². The van der Waals surface area contributed by atoms with Crippen LogP contribution in [-0.4, -0.2) is 16.3 Å². The van der Waals surface area contributed by atoms with E-state index in [2.05, 4.69) is 45.4 Å². The molecule has 0 aliphatic heterocycles.